The number of carbonyl (C=O) groups is 2. The standard InChI is InChI=1S/C26H27N3O2/c30-25(21-11-5-2-6-12-21)29-17-15-23(16-18-29)27-26(31)28-24-14-8-7-13-22(24)19-20-9-3-1-4-10-20/h1-14,23H,15-19H2,(H2,27,28,31). The fourth-order valence-electron chi connectivity index (χ4n) is 3.95. The van der Waals surface area contributed by atoms with Gasteiger partial charge in [-0.2, -0.15) is 0 Å². The SMILES string of the molecule is O=C(Nc1ccccc1Cc1ccccc1)NC1CCN(C(=O)c2ccccc2)CC1. The summed E-state index contributed by atoms with van der Waals surface area (Å²) in [6, 6.07) is 27.3. The minimum absolute atomic E-state index is 0.0540. The average molecular weight is 414 g/mol. The number of amides is 3. The Bertz CT molecular complexity index is 1010. The summed E-state index contributed by atoms with van der Waals surface area (Å²) >= 11 is 0. The van der Waals surface area contributed by atoms with Crippen LogP contribution in [0.4, 0.5) is 10.5 Å². The lowest BCUT2D eigenvalue weighted by atomic mass is 10.0. The number of hydrogen-bond acceptors (Lipinski definition) is 2. The van der Waals surface area contributed by atoms with Crippen LogP contribution in [0.25, 0.3) is 0 Å². The van der Waals surface area contributed by atoms with Crippen LogP contribution in [0.5, 0.6) is 0 Å². The molecule has 3 amide bonds. The van der Waals surface area contributed by atoms with Crippen molar-refractivity contribution in [3.63, 3.8) is 0 Å². The summed E-state index contributed by atoms with van der Waals surface area (Å²) in [6.07, 6.45) is 2.26. The van der Waals surface area contributed by atoms with Crippen molar-refractivity contribution in [2.45, 2.75) is 25.3 Å². The van der Waals surface area contributed by atoms with Crippen LogP contribution in [0.2, 0.25) is 0 Å². The van der Waals surface area contributed by atoms with Gasteiger partial charge in [-0.3, -0.25) is 4.79 Å². The molecule has 0 radical (unpaired) electrons. The van der Waals surface area contributed by atoms with Gasteiger partial charge in [0.15, 0.2) is 0 Å². The number of benzene rings is 3. The van der Waals surface area contributed by atoms with Crippen molar-refractivity contribution in [3.05, 3.63) is 102 Å². The molecular formula is C26H27N3O2. The summed E-state index contributed by atoms with van der Waals surface area (Å²) in [5.41, 5.74) is 3.81. The molecule has 1 aliphatic rings. The lowest BCUT2D eigenvalue weighted by Crippen LogP contribution is -2.47. The number of hydrogen-bond donors (Lipinski definition) is 2. The van der Waals surface area contributed by atoms with Gasteiger partial charge in [-0.25, -0.2) is 4.79 Å². The normalized spacial score (nSPS) is 14.1. The van der Waals surface area contributed by atoms with Crippen LogP contribution >= 0.6 is 0 Å². The Morgan fingerprint density at radius 2 is 1.42 bits per heavy atom. The smallest absolute Gasteiger partial charge is 0.319 e. The van der Waals surface area contributed by atoms with Gasteiger partial charge in [0, 0.05) is 30.4 Å². The molecule has 2 N–H and O–H groups in total. The molecule has 5 nitrogen and oxygen atoms in total. The summed E-state index contributed by atoms with van der Waals surface area (Å²) in [4.78, 5) is 27.1. The van der Waals surface area contributed by atoms with E-state index in [-0.39, 0.29) is 18.0 Å². The molecule has 1 aliphatic heterocycles. The summed E-state index contributed by atoms with van der Waals surface area (Å²) in [5.74, 6) is 0.0540. The summed E-state index contributed by atoms with van der Waals surface area (Å²) in [7, 11) is 0. The first-order valence-corrected chi connectivity index (χ1v) is 10.7. The van der Waals surface area contributed by atoms with Crippen molar-refractivity contribution in [2.24, 2.45) is 0 Å². The molecule has 158 valence electrons. The minimum atomic E-state index is -0.201. The third-order valence-corrected chi connectivity index (χ3v) is 5.64. The second-order valence-corrected chi connectivity index (χ2v) is 7.85. The van der Waals surface area contributed by atoms with E-state index in [1.54, 1.807) is 0 Å². The summed E-state index contributed by atoms with van der Waals surface area (Å²) < 4.78 is 0. The number of carbonyl (C=O) groups excluding carboxylic acids is 2. The highest BCUT2D eigenvalue weighted by Crippen LogP contribution is 2.20. The Balaban J connectivity index is 1.30. The highest BCUT2D eigenvalue weighted by molar-refractivity contribution is 5.94. The van der Waals surface area contributed by atoms with Gasteiger partial charge in [-0.15, -0.1) is 0 Å². The monoisotopic (exact) mass is 413 g/mol. The van der Waals surface area contributed by atoms with Gasteiger partial charge in [-0.1, -0.05) is 66.7 Å². The van der Waals surface area contributed by atoms with E-state index in [1.165, 1.54) is 5.56 Å². The van der Waals surface area contributed by atoms with Gasteiger partial charge in [-0.05, 0) is 48.6 Å². The first kappa shape index (κ1) is 20.7. The molecule has 3 aromatic carbocycles. The number of nitrogens with zero attached hydrogens (tertiary/aromatic N) is 1. The maximum absolute atomic E-state index is 12.6. The molecule has 1 saturated heterocycles. The molecular weight excluding hydrogens is 386 g/mol. The van der Waals surface area contributed by atoms with E-state index in [2.05, 4.69) is 22.8 Å². The molecule has 1 heterocycles. The van der Waals surface area contributed by atoms with E-state index in [1.807, 2.05) is 77.7 Å². The van der Waals surface area contributed by atoms with Gasteiger partial charge >= 0.3 is 6.03 Å². The van der Waals surface area contributed by atoms with Crippen LogP contribution in [0.1, 0.15) is 34.3 Å². The fourth-order valence-corrected chi connectivity index (χ4v) is 3.95. The number of nitrogens with one attached hydrogen (secondary N) is 2. The molecule has 5 heteroatoms. The Kier molecular flexibility index (Phi) is 6.62. The molecule has 1 fully saturated rings. The zero-order valence-corrected chi connectivity index (χ0v) is 17.5. The largest absolute Gasteiger partial charge is 0.338 e. The van der Waals surface area contributed by atoms with Crippen molar-refractivity contribution in [1.29, 1.82) is 0 Å². The maximum atomic E-state index is 12.6. The average Bonchev–Trinajstić information content (AvgIpc) is 2.82. The van der Waals surface area contributed by atoms with Crippen molar-refractivity contribution >= 4 is 17.6 Å². The lowest BCUT2D eigenvalue weighted by Gasteiger charge is -2.32. The Morgan fingerprint density at radius 1 is 0.806 bits per heavy atom. The van der Waals surface area contributed by atoms with E-state index in [0.717, 1.165) is 30.5 Å². The minimum Gasteiger partial charge on any atom is -0.338 e. The van der Waals surface area contributed by atoms with Crippen molar-refractivity contribution < 1.29 is 9.59 Å². The quantitative estimate of drug-likeness (QED) is 0.637. The van der Waals surface area contributed by atoms with Gasteiger partial charge in [0.2, 0.25) is 0 Å². The number of urea groups is 1. The van der Waals surface area contributed by atoms with Gasteiger partial charge in [0.1, 0.15) is 0 Å². The van der Waals surface area contributed by atoms with Crippen LogP contribution in [0.15, 0.2) is 84.9 Å². The molecule has 31 heavy (non-hydrogen) atoms. The van der Waals surface area contributed by atoms with E-state index in [9.17, 15) is 9.59 Å². The number of para-hydroxylation sites is 1. The molecule has 0 spiro atoms. The Morgan fingerprint density at radius 3 is 2.13 bits per heavy atom. The summed E-state index contributed by atoms with van der Waals surface area (Å²) in [5, 5.41) is 6.08. The first-order valence-electron chi connectivity index (χ1n) is 10.7. The van der Waals surface area contributed by atoms with Gasteiger partial charge < -0.3 is 15.5 Å². The zero-order chi connectivity index (χ0) is 21.5. The molecule has 0 aromatic heterocycles. The highest BCUT2D eigenvalue weighted by Gasteiger charge is 2.24. The predicted molar refractivity (Wildman–Crippen MR) is 123 cm³/mol. The molecule has 0 atom stereocenters. The van der Waals surface area contributed by atoms with Crippen LogP contribution < -0.4 is 10.6 Å². The molecule has 3 aromatic rings. The number of anilines is 1. The highest BCUT2D eigenvalue weighted by atomic mass is 16.2. The third-order valence-electron chi connectivity index (χ3n) is 5.64. The van der Waals surface area contributed by atoms with E-state index < -0.39 is 0 Å². The molecule has 0 unspecified atom stereocenters. The molecule has 0 saturated carbocycles. The Labute approximate surface area is 183 Å². The molecule has 0 aliphatic carbocycles. The second kappa shape index (κ2) is 9.94. The number of piperidine rings is 1. The molecule has 4 rings (SSSR count). The fraction of sp³-hybridized carbons (Fsp3) is 0.231. The summed E-state index contributed by atoms with van der Waals surface area (Å²) in [6.45, 7) is 1.28. The van der Waals surface area contributed by atoms with Crippen LogP contribution in [0, 0.1) is 0 Å². The number of rotatable bonds is 5. The van der Waals surface area contributed by atoms with Crippen molar-refractivity contribution in [3.8, 4) is 0 Å². The van der Waals surface area contributed by atoms with E-state index >= 15 is 0 Å². The van der Waals surface area contributed by atoms with Gasteiger partial charge in [0.25, 0.3) is 5.91 Å². The van der Waals surface area contributed by atoms with E-state index in [0.29, 0.717) is 18.7 Å². The third kappa shape index (κ3) is 5.51. The Hall–Kier alpha value is -3.60. The first-order chi connectivity index (χ1) is 15.2. The van der Waals surface area contributed by atoms with Crippen LogP contribution in [-0.4, -0.2) is 36.0 Å². The van der Waals surface area contributed by atoms with Crippen molar-refractivity contribution in [1.82, 2.24) is 10.2 Å². The number of likely N-dealkylation sites (tertiary alicyclic amines) is 1. The van der Waals surface area contributed by atoms with Crippen molar-refractivity contribution in [2.75, 3.05) is 18.4 Å². The van der Waals surface area contributed by atoms with Crippen LogP contribution in [-0.2, 0) is 6.42 Å². The lowest BCUT2D eigenvalue weighted by molar-refractivity contribution is 0.0709. The zero-order valence-electron chi connectivity index (χ0n) is 17.5. The van der Waals surface area contributed by atoms with Crippen LogP contribution in [0.3, 0.4) is 0 Å². The second-order valence-electron chi connectivity index (χ2n) is 7.85. The topological polar surface area (TPSA) is 61.4 Å². The van der Waals surface area contributed by atoms with E-state index in [4.69, 9.17) is 0 Å². The predicted octanol–water partition coefficient (Wildman–Crippen LogP) is 4.70. The maximum Gasteiger partial charge on any atom is 0.319 e. The molecule has 0 bridgehead atoms. The van der Waals surface area contributed by atoms with Gasteiger partial charge in [0.05, 0.1) is 0 Å².